The van der Waals surface area contributed by atoms with Gasteiger partial charge in [0.2, 0.25) is 5.91 Å². The van der Waals surface area contributed by atoms with Crippen molar-refractivity contribution in [2.75, 3.05) is 11.1 Å². The van der Waals surface area contributed by atoms with Crippen molar-refractivity contribution >= 4 is 46.6 Å². The topological polar surface area (TPSA) is 38.3 Å². The molecule has 0 heterocycles. The summed E-state index contributed by atoms with van der Waals surface area (Å²) < 4.78 is 5.86. The molecule has 0 saturated carbocycles. The maximum absolute atomic E-state index is 12.3. The van der Waals surface area contributed by atoms with Crippen molar-refractivity contribution in [3.63, 3.8) is 0 Å². The summed E-state index contributed by atoms with van der Waals surface area (Å²) >= 11 is 13.7. The number of rotatable bonds is 7. The second kappa shape index (κ2) is 9.70. The lowest BCUT2D eigenvalue weighted by molar-refractivity contribution is -0.113. The molecule has 3 aromatic rings. The predicted molar refractivity (Wildman–Crippen MR) is 114 cm³/mol. The lowest BCUT2D eigenvalue weighted by Gasteiger charge is -2.13. The van der Waals surface area contributed by atoms with Crippen LogP contribution in [-0.2, 0) is 10.5 Å². The van der Waals surface area contributed by atoms with Crippen LogP contribution in [-0.4, -0.2) is 11.7 Å². The molecule has 0 radical (unpaired) electrons. The molecule has 0 aliphatic rings. The number of amides is 1. The van der Waals surface area contributed by atoms with Crippen molar-refractivity contribution in [3.05, 3.63) is 88.4 Å². The summed E-state index contributed by atoms with van der Waals surface area (Å²) in [5.74, 6) is 2.05. The zero-order valence-corrected chi connectivity index (χ0v) is 16.7. The second-order valence-corrected chi connectivity index (χ2v) is 7.52. The monoisotopic (exact) mass is 417 g/mol. The average Bonchev–Trinajstić information content (AvgIpc) is 2.66. The van der Waals surface area contributed by atoms with E-state index in [4.69, 9.17) is 27.9 Å². The summed E-state index contributed by atoms with van der Waals surface area (Å²) in [6.45, 7) is 0. The third-order valence-electron chi connectivity index (χ3n) is 3.64. The van der Waals surface area contributed by atoms with Crippen LogP contribution in [0.3, 0.4) is 0 Å². The molecule has 0 atom stereocenters. The Morgan fingerprint density at radius 2 is 1.70 bits per heavy atom. The van der Waals surface area contributed by atoms with E-state index in [2.05, 4.69) is 5.32 Å². The van der Waals surface area contributed by atoms with Gasteiger partial charge in [0.25, 0.3) is 0 Å². The van der Waals surface area contributed by atoms with Crippen LogP contribution in [0.4, 0.5) is 5.69 Å². The van der Waals surface area contributed by atoms with Crippen molar-refractivity contribution in [3.8, 4) is 11.5 Å². The first-order valence-corrected chi connectivity index (χ1v) is 10.2. The van der Waals surface area contributed by atoms with E-state index < -0.39 is 0 Å². The Bertz CT molecular complexity index is 919. The summed E-state index contributed by atoms with van der Waals surface area (Å²) in [7, 11) is 0. The molecular formula is C21H17Cl2NO2S. The Hall–Kier alpha value is -2.14. The van der Waals surface area contributed by atoms with Gasteiger partial charge in [0.1, 0.15) is 5.75 Å². The zero-order chi connectivity index (χ0) is 19.1. The zero-order valence-electron chi connectivity index (χ0n) is 14.3. The highest BCUT2D eigenvalue weighted by Crippen LogP contribution is 2.32. The van der Waals surface area contributed by atoms with Crippen molar-refractivity contribution in [1.29, 1.82) is 0 Å². The fourth-order valence-electron chi connectivity index (χ4n) is 2.36. The van der Waals surface area contributed by atoms with Gasteiger partial charge < -0.3 is 10.1 Å². The molecular weight excluding hydrogens is 401 g/mol. The Labute approximate surface area is 172 Å². The standard InChI is InChI=1S/C21H17Cl2NO2S/c22-16-10-11-20(26-17-7-2-1-3-8-17)19(12-16)24-21(25)14-27-13-15-6-4-5-9-18(15)23/h1-12H,13-14H2,(H,24,25). The molecule has 3 rings (SSSR count). The van der Waals surface area contributed by atoms with Gasteiger partial charge in [-0.15, -0.1) is 11.8 Å². The highest BCUT2D eigenvalue weighted by atomic mass is 35.5. The Morgan fingerprint density at radius 3 is 2.48 bits per heavy atom. The minimum Gasteiger partial charge on any atom is -0.455 e. The van der Waals surface area contributed by atoms with Gasteiger partial charge in [-0.1, -0.05) is 59.6 Å². The van der Waals surface area contributed by atoms with Gasteiger partial charge >= 0.3 is 0 Å². The molecule has 138 valence electrons. The van der Waals surface area contributed by atoms with Gasteiger partial charge in [-0.2, -0.15) is 0 Å². The number of benzene rings is 3. The van der Waals surface area contributed by atoms with Crippen LogP contribution >= 0.6 is 35.0 Å². The maximum Gasteiger partial charge on any atom is 0.234 e. The number of anilines is 1. The number of hydrogen-bond acceptors (Lipinski definition) is 3. The quantitative estimate of drug-likeness (QED) is 0.466. The van der Waals surface area contributed by atoms with Crippen LogP contribution in [0.1, 0.15) is 5.56 Å². The van der Waals surface area contributed by atoms with Crippen LogP contribution in [0, 0.1) is 0 Å². The van der Waals surface area contributed by atoms with Crippen LogP contribution in [0.25, 0.3) is 0 Å². The number of carbonyl (C=O) groups excluding carboxylic acids is 1. The molecule has 1 amide bonds. The van der Waals surface area contributed by atoms with E-state index in [1.54, 1.807) is 18.2 Å². The van der Waals surface area contributed by atoms with Crippen LogP contribution in [0.2, 0.25) is 10.0 Å². The number of carbonyl (C=O) groups is 1. The first-order chi connectivity index (χ1) is 13.1. The third kappa shape index (κ3) is 5.93. The minimum absolute atomic E-state index is 0.132. The van der Waals surface area contributed by atoms with E-state index >= 15 is 0 Å². The molecule has 1 N–H and O–H groups in total. The average molecular weight is 418 g/mol. The number of hydrogen-bond donors (Lipinski definition) is 1. The van der Waals surface area contributed by atoms with E-state index in [1.807, 2.05) is 54.6 Å². The molecule has 0 aliphatic carbocycles. The van der Waals surface area contributed by atoms with Gasteiger partial charge in [-0.05, 0) is 42.0 Å². The highest BCUT2D eigenvalue weighted by molar-refractivity contribution is 7.99. The largest absolute Gasteiger partial charge is 0.455 e. The van der Waals surface area contributed by atoms with Crippen molar-refractivity contribution < 1.29 is 9.53 Å². The predicted octanol–water partition coefficient (Wildman–Crippen LogP) is 6.66. The number of thioether (sulfide) groups is 1. The molecule has 0 aromatic heterocycles. The summed E-state index contributed by atoms with van der Waals surface area (Å²) in [6, 6.07) is 22.1. The molecule has 0 fully saturated rings. The minimum atomic E-state index is -0.132. The fourth-order valence-corrected chi connectivity index (χ4v) is 3.64. The second-order valence-electron chi connectivity index (χ2n) is 5.69. The summed E-state index contributed by atoms with van der Waals surface area (Å²) in [5.41, 5.74) is 1.54. The number of para-hydroxylation sites is 1. The maximum atomic E-state index is 12.3. The van der Waals surface area contributed by atoms with Gasteiger partial charge in [-0.25, -0.2) is 0 Å². The Morgan fingerprint density at radius 1 is 0.963 bits per heavy atom. The first kappa shape index (κ1) is 19.6. The number of nitrogens with one attached hydrogen (secondary N) is 1. The lowest BCUT2D eigenvalue weighted by Crippen LogP contribution is -2.14. The molecule has 3 nitrogen and oxygen atoms in total. The molecule has 0 saturated heterocycles. The van der Waals surface area contributed by atoms with Gasteiger partial charge in [0, 0.05) is 15.8 Å². The van der Waals surface area contributed by atoms with E-state index in [9.17, 15) is 4.79 Å². The van der Waals surface area contributed by atoms with Gasteiger partial charge in [0.05, 0.1) is 11.4 Å². The molecule has 3 aromatic carbocycles. The summed E-state index contributed by atoms with van der Waals surface area (Å²) in [4.78, 5) is 12.3. The third-order valence-corrected chi connectivity index (χ3v) is 5.22. The van der Waals surface area contributed by atoms with Gasteiger partial charge in [-0.3, -0.25) is 4.79 Å². The molecule has 0 unspecified atom stereocenters. The molecule has 0 spiro atoms. The van der Waals surface area contributed by atoms with Gasteiger partial charge in [0.15, 0.2) is 5.75 Å². The van der Waals surface area contributed by atoms with E-state index in [0.717, 1.165) is 5.56 Å². The Balaban J connectivity index is 1.61. The van der Waals surface area contributed by atoms with Crippen LogP contribution in [0.15, 0.2) is 72.8 Å². The molecule has 27 heavy (non-hydrogen) atoms. The van der Waals surface area contributed by atoms with Crippen molar-refractivity contribution in [2.24, 2.45) is 0 Å². The SMILES string of the molecule is O=C(CSCc1ccccc1Cl)Nc1cc(Cl)ccc1Oc1ccccc1. The van der Waals surface area contributed by atoms with E-state index in [-0.39, 0.29) is 5.91 Å². The molecule has 6 heteroatoms. The molecule has 0 bridgehead atoms. The van der Waals surface area contributed by atoms with Crippen molar-refractivity contribution in [1.82, 2.24) is 0 Å². The van der Waals surface area contributed by atoms with Crippen molar-refractivity contribution in [2.45, 2.75) is 5.75 Å². The Kier molecular flexibility index (Phi) is 7.04. The normalized spacial score (nSPS) is 10.4. The van der Waals surface area contributed by atoms with Crippen LogP contribution < -0.4 is 10.1 Å². The first-order valence-electron chi connectivity index (χ1n) is 8.25. The van der Waals surface area contributed by atoms with Crippen LogP contribution in [0.5, 0.6) is 11.5 Å². The van der Waals surface area contributed by atoms with E-state index in [1.165, 1.54) is 11.8 Å². The van der Waals surface area contributed by atoms with E-state index in [0.29, 0.717) is 38.7 Å². The fraction of sp³-hybridized carbons (Fsp3) is 0.0952. The summed E-state index contributed by atoms with van der Waals surface area (Å²) in [5, 5.41) is 4.10. The lowest BCUT2D eigenvalue weighted by atomic mass is 10.2. The highest BCUT2D eigenvalue weighted by Gasteiger charge is 2.11. The number of ether oxygens (including phenoxy) is 1. The molecule has 0 aliphatic heterocycles. The number of halogens is 2. The summed E-state index contributed by atoms with van der Waals surface area (Å²) in [6.07, 6.45) is 0. The smallest absolute Gasteiger partial charge is 0.234 e.